The summed E-state index contributed by atoms with van der Waals surface area (Å²) in [5.74, 6) is -0.249. The number of hydrogen-bond donors (Lipinski definition) is 3. The summed E-state index contributed by atoms with van der Waals surface area (Å²) in [6.45, 7) is 4.06. The molecule has 0 aliphatic heterocycles. The third-order valence-electron chi connectivity index (χ3n) is 2.22. The number of rotatable bonds is 3. The maximum Gasteiger partial charge on any atom is 0.269 e. The first kappa shape index (κ1) is 13.4. The zero-order valence-corrected chi connectivity index (χ0v) is 10.7. The fourth-order valence-electron chi connectivity index (χ4n) is 1.05. The van der Waals surface area contributed by atoms with Gasteiger partial charge in [0.05, 0.1) is 0 Å². The Labute approximate surface area is 106 Å². The lowest BCUT2D eigenvalue weighted by Gasteiger charge is -2.15. The van der Waals surface area contributed by atoms with Gasteiger partial charge in [-0.2, -0.15) is 0 Å². The molecule has 17 heavy (non-hydrogen) atoms. The van der Waals surface area contributed by atoms with Crippen LogP contribution in [0.2, 0.25) is 0 Å². The van der Waals surface area contributed by atoms with Crippen molar-refractivity contribution in [2.24, 2.45) is 0 Å². The first-order chi connectivity index (χ1) is 8.13. The summed E-state index contributed by atoms with van der Waals surface area (Å²) in [5, 5.41) is 3.43. The molecular formula is C11H16N4OS. The van der Waals surface area contributed by atoms with E-state index in [-0.39, 0.29) is 11.9 Å². The highest BCUT2D eigenvalue weighted by molar-refractivity contribution is 7.80. The van der Waals surface area contributed by atoms with Crippen LogP contribution in [0.25, 0.3) is 0 Å². The molecule has 0 saturated carbocycles. The van der Waals surface area contributed by atoms with Gasteiger partial charge < -0.3 is 5.32 Å². The summed E-state index contributed by atoms with van der Waals surface area (Å²) in [5.41, 5.74) is 5.68. The van der Waals surface area contributed by atoms with Crippen LogP contribution >= 0.6 is 12.2 Å². The number of thiocarbonyl (C=S) groups is 1. The second kappa shape index (κ2) is 6.80. The number of hydrazine groups is 1. The Hall–Kier alpha value is -1.69. The Balaban J connectivity index is 2.36. The van der Waals surface area contributed by atoms with E-state index in [0.29, 0.717) is 10.7 Å². The van der Waals surface area contributed by atoms with Crippen molar-refractivity contribution in [1.82, 2.24) is 21.2 Å². The number of hydrogen-bond acceptors (Lipinski definition) is 3. The van der Waals surface area contributed by atoms with Crippen molar-refractivity contribution in [3.63, 3.8) is 0 Å². The molecule has 1 heterocycles. The third kappa shape index (κ3) is 4.78. The lowest BCUT2D eigenvalue weighted by Crippen LogP contribution is -2.48. The largest absolute Gasteiger partial charge is 0.359 e. The summed E-state index contributed by atoms with van der Waals surface area (Å²) in [6.07, 6.45) is 4.08. The average molecular weight is 252 g/mol. The van der Waals surface area contributed by atoms with Crippen molar-refractivity contribution in [2.45, 2.75) is 26.3 Å². The van der Waals surface area contributed by atoms with Gasteiger partial charge in [0.15, 0.2) is 5.11 Å². The fourth-order valence-corrected chi connectivity index (χ4v) is 1.30. The summed E-state index contributed by atoms with van der Waals surface area (Å²) in [6, 6.07) is 3.53. The van der Waals surface area contributed by atoms with Gasteiger partial charge in [-0.1, -0.05) is 6.92 Å². The minimum Gasteiger partial charge on any atom is -0.359 e. The van der Waals surface area contributed by atoms with Crippen LogP contribution in [0.5, 0.6) is 0 Å². The van der Waals surface area contributed by atoms with E-state index in [1.807, 2.05) is 6.92 Å². The van der Waals surface area contributed by atoms with Crippen LogP contribution in [0.1, 0.15) is 30.6 Å². The quantitative estimate of drug-likeness (QED) is 0.553. The molecule has 0 bridgehead atoms. The number of nitrogens with zero attached hydrogens (tertiary/aromatic N) is 1. The van der Waals surface area contributed by atoms with Crippen molar-refractivity contribution in [1.29, 1.82) is 0 Å². The standard InChI is InChI=1S/C11H16N4OS/c1-3-8(2)13-11(17)15-14-10(16)9-4-6-12-7-5-9/h4-8H,3H2,1-2H3,(H,14,16)(H2,13,15,17). The Bertz CT molecular complexity index is 382. The molecule has 5 nitrogen and oxygen atoms in total. The number of aromatic nitrogens is 1. The molecular weight excluding hydrogens is 236 g/mol. The first-order valence-electron chi connectivity index (χ1n) is 5.40. The van der Waals surface area contributed by atoms with Crippen molar-refractivity contribution >= 4 is 23.2 Å². The van der Waals surface area contributed by atoms with Crippen LogP contribution in [0.15, 0.2) is 24.5 Å². The van der Waals surface area contributed by atoms with E-state index in [2.05, 4.69) is 28.1 Å². The first-order valence-corrected chi connectivity index (χ1v) is 5.81. The van der Waals surface area contributed by atoms with Gasteiger partial charge in [-0.15, -0.1) is 0 Å². The SMILES string of the molecule is CCC(C)NC(=S)NNC(=O)c1ccncc1. The van der Waals surface area contributed by atoms with Crippen LogP contribution in [0, 0.1) is 0 Å². The van der Waals surface area contributed by atoms with E-state index in [4.69, 9.17) is 12.2 Å². The molecule has 92 valence electrons. The number of amides is 1. The molecule has 0 spiro atoms. The molecule has 0 fully saturated rings. The van der Waals surface area contributed by atoms with E-state index in [0.717, 1.165) is 6.42 Å². The average Bonchev–Trinajstić information content (AvgIpc) is 2.36. The van der Waals surface area contributed by atoms with Crippen LogP contribution in [0.3, 0.4) is 0 Å². The van der Waals surface area contributed by atoms with Gasteiger partial charge in [-0.25, -0.2) is 0 Å². The molecule has 3 N–H and O–H groups in total. The van der Waals surface area contributed by atoms with E-state index < -0.39 is 0 Å². The van der Waals surface area contributed by atoms with E-state index in [9.17, 15) is 4.79 Å². The van der Waals surface area contributed by atoms with Gasteiger partial charge >= 0.3 is 0 Å². The zero-order valence-electron chi connectivity index (χ0n) is 9.86. The summed E-state index contributed by atoms with van der Waals surface area (Å²) in [7, 11) is 0. The van der Waals surface area contributed by atoms with Crippen molar-refractivity contribution < 1.29 is 4.79 Å². The molecule has 1 aromatic heterocycles. The Morgan fingerprint density at radius 1 is 1.41 bits per heavy atom. The van der Waals surface area contributed by atoms with Gasteiger partial charge in [0.1, 0.15) is 0 Å². The second-order valence-electron chi connectivity index (χ2n) is 3.60. The predicted octanol–water partition coefficient (Wildman–Crippen LogP) is 0.989. The normalized spacial score (nSPS) is 11.4. The molecule has 1 amide bonds. The van der Waals surface area contributed by atoms with Crippen LogP contribution in [-0.4, -0.2) is 22.0 Å². The number of carbonyl (C=O) groups excluding carboxylic acids is 1. The second-order valence-corrected chi connectivity index (χ2v) is 4.01. The van der Waals surface area contributed by atoms with E-state index in [1.165, 1.54) is 0 Å². The van der Waals surface area contributed by atoms with Crippen molar-refractivity contribution in [2.75, 3.05) is 0 Å². The number of carbonyl (C=O) groups is 1. The third-order valence-corrected chi connectivity index (χ3v) is 2.44. The van der Waals surface area contributed by atoms with Gasteiger partial charge in [0.25, 0.3) is 5.91 Å². The summed E-state index contributed by atoms with van der Waals surface area (Å²) in [4.78, 5) is 15.5. The highest BCUT2D eigenvalue weighted by Gasteiger charge is 2.05. The predicted molar refractivity (Wildman–Crippen MR) is 70.3 cm³/mol. The minimum absolute atomic E-state index is 0.249. The van der Waals surface area contributed by atoms with E-state index in [1.54, 1.807) is 24.5 Å². The lowest BCUT2D eigenvalue weighted by atomic mass is 10.2. The molecule has 0 saturated heterocycles. The zero-order chi connectivity index (χ0) is 12.7. The number of pyridine rings is 1. The highest BCUT2D eigenvalue weighted by atomic mass is 32.1. The monoisotopic (exact) mass is 252 g/mol. The Kier molecular flexibility index (Phi) is 5.35. The molecule has 6 heteroatoms. The molecule has 1 aromatic rings. The lowest BCUT2D eigenvalue weighted by molar-refractivity contribution is 0.0943. The van der Waals surface area contributed by atoms with Crippen LogP contribution in [-0.2, 0) is 0 Å². The summed E-state index contributed by atoms with van der Waals surface area (Å²) >= 11 is 5.02. The van der Waals surface area contributed by atoms with Gasteiger partial charge in [0, 0.05) is 24.0 Å². The molecule has 1 unspecified atom stereocenters. The smallest absolute Gasteiger partial charge is 0.269 e. The van der Waals surface area contributed by atoms with Gasteiger partial charge in [-0.3, -0.25) is 20.6 Å². The highest BCUT2D eigenvalue weighted by Crippen LogP contribution is 1.94. The maximum absolute atomic E-state index is 11.6. The fraction of sp³-hybridized carbons (Fsp3) is 0.364. The molecule has 1 rings (SSSR count). The molecule has 1 atom stereocenters. The molecule has 0 aliphatic rings. The van der Waals surface area contributed by atoms with Crippen LogP contribution in [0.4, 0.5) is 0 Å². The van der Waals surface area contributed by atoms with E-state index >= 15 is 0 Å². The Morgan fingerprint density at radius 2 is 2.06 bits per heavy atom. The Morgan fingerprint density at radius 3 is 2.65 bits per heavy atom. The molecule has 0 aliphatic carbocycles. The maximum atomic E-state index is 11.6. The summed E-state index contributed by atoms with van der Waals surface area (Å²) < 4.78 is 0. The molecule has 0 radical (unpaired) electrons. The van der Waals surface area contributed by atoms with Gasteiger partial charge in [0.2, 0.25) is 0 Å². The van der Waals surface area contributed by atoms with Crippen molar-refractivity contribution in [3.05, 3.63) is 30.1 Å². The minimum atomic E-state index is -0.249. The molecule has 0 aromatic carbocycles. The van der Waals surface area contributed by atoms with Crippen LogP contribution < -0.4 is 16.2 Å². The number of nitrogens with one attached hydrogen (secondary N) is 3. The topological polar surface area (TPSA) is 66.0 Å². The van der Waals surface area contributed by atoms with Gasteiger partial charge in [-0.05, 0) is 37.7 Å². The van der Waals surface area contributed by atoms with Crippen molar-refractivity contribution in [3.8, 4) is 0 Å².